The van der Waals surface area contributed by atoms with Gasteiger partial charge in [-0.25, -0.2) is 4.68 Å². The molecule has 1 aromatic carbocycles. The number of carbonyl (C=O) groups is 1. The molecule has 106 valence electrons. The second-order valence-corrected chi connectivity index (χ2v) is 4.74. The SMILES string of the molecule is Cc1ccccc1-n1ncc(C(=O)NCCCN)c1C. The summed E-state index contributed by atoms with van der Waals surface area (Å²) in [5, 5.41) is 7.18. The van der Waals surface area contributed by atoms with Gasteiger partial charge in [0.15, 0.2) is 0 Å². The Kier molecular flexibility index (Phi) is 4.53. The highest BCUT2D eigenvalue weighted by Gasteiger charge is 2.15. The first-order valence-electron chi connectivity index (χ1n) is 6.74. The van der Waals surface area contributed by atoms with Gasteiger partial charge in [-0.3, -0.25) is 4.79 Å². The standard InChI is InChI=1S/C15H20N4O/c1-11-6-3-4-7-14(11)19-12(2)13(10-18-19)15(20)17-9-5-8-16/h3-4,6-7,10H,5,8-9,16H2,1-2H3,(H,17,20). The Morgan fingerprint density at radius 3 is 2.80 bits per heavy atom. The van der Waals surface area contributed by atoms with Crippen LogP contribution in [0.3, 0.4) is 0 Å². The average molecular weight is 272 g/mol. The Morgan fingerprint density at radius 2 is 2.10 bits per heavy atom. The largest absolute Gasteiger partial charge is 0.352 e. The molecule has 0 unspecified atom stereocenters. The predicted octanol–water partition coefficient (Wildman–Crippen LogP) is 1.57. The molecule has 0 fully saturated rings. The van der Waals surface area contributed by atoms with E-state index in [9.17, 15) is 4.79 Å². The van der Waals surface area contributed by atoms with Crippen molar-refractivity contribution in [3.8, 4) is 5.69 Å². The molecule has 2 rings (SSSR count). The fraction of sp³-hybridized carbons (Fsp3) is 0.333. The Hall–Kier alpha value is -2.14. The van der Waals surface area contributed by atoms with E-state index in [0.717, 1.165) is 23.4 Å². The molecule has 5 heteroatoms. The second kappa shape index (κ2) is 6.34. The zero-order valence-electron chi connectivity index (χ0n) is 11.9. The minimum Gasteiger partial charge on any atom is -0.352 e. The van der Waals surface area contributed by atoms with Crippen LogP contribution in [0.25, 0.3) is 5.69 Å². The van der Waals surface area contributed by atoms with Crippen molar-refractivity contribution in [2.45, 2.75) is 20.3 Å². The highest BCUT2D eigenvalue weighted by Crippen LogP contribution is 2.17. The molecule has 1 amide bonds. The lowest BCUT2D eigenvalue weighted by Crippen LogP contribution is -2.26. The molecule has 0 aliphatic heterocycles. The van der Waals surface area contributed by atoms with Crippen molar-refractivity contribution in [2.75, 3.05) is 13.1 Å². The number of amides is 1. The van der Waals surface area contributed by atoms with Gasteiger partial charge in [0.2, 0.25) is 0 Å². The number of nitrogens with one attached hydrogen (secondary N) is 1. The van der Waals surface area contributed by atoms with Crippen LogP contribution in [0.5, 0.6) is 0 Å². The zero-order chi connectivity index (χ0) is 14.5. The highest BCUT2D eigenvalue weighted by molar-refractivity contribution is 5.95. The number of carbonyl (C=O) groups excluding carboxylic acids is 1. The maximum atomic E-state index is 12.1. The Morgan fingerprint density at radius 1 is 1.35 bits per heavy atom. The number of nitrogens with two attached hydrogens (primary N) is 1. The van der Waals surface area contributed by atoms with Crippen molar-refractivity contribution in [2.24, 2.45) is 5.73 Å². The Labute approximate surface area is 118 Å². The minimum atomic E-state index is -0.101. The normalized spacial score (nSPS) is 10.6. The van der Waals surface area contributed by atoms with Crippen LogP contribution in [0.15, 0.2) is 30.5 Å². The van der Waals surface area contributed by atoms with E-state index >= 15 is 0 Å². The zero-order valence-corrected chi connectivity index (χ0v) is 11.9. The first-order valence-corrected chi connectivity index (χ1v) is 6.74. The summed E-state index contributed by atoms with van der Waals surface area (Å²) in [6, 6.07) is 7.96. The number of rotatable bonds is 5. The molecule has 0 saturated heterocycles. The summed E-state index contributed by atoms with van der Waals surface area (Å²) in [6.45, 7) is 5.08. The van der Waals surface area contributed by atoms with E-state index in [1.54, 1.807) is 10.9 Å². The summed E-state index contributed by atoms with van der Waals surface area (Å²) in [5.74, 6) is -0.101. The summed E-state index contributed by atoms with van der Waals surface area (Å²) in [6.07, 6.45) is 2.39. The van der Waals surface area contributed by atoms with Gasteiger partial charge in [-0.15, -0.1) is 0 Å². The van der Waals surface area contributed by atoms with Crippen LogP contribution in [-0.4, -0.2) is 28.8 Å². The van der Waals surface area contributed by atoms with Crippen LogP contribution >= 0.6 is 0 Å². The van der Waals surface area contributed by atoms with E-state index in [-0.39, 0.29) is 5.91 Å². The molecule has 0 bridgehead atoms. The number of hydrogen-bond donors (Lipinski definition) is 2. The first kappa shape index (κ1) is 14.3. The second-order valence-electron chi connectivity index (χ2n) is 4.74. The summed E-state index contributed by atoms with van der Waals surface area (Å²) < 4.78 is 1.80. The maximum Gasteiger partial charge on any atom is 0.254 e. The molecular formula is C15H20N4O. The topological polar surface area (TPSA) is 72.9 Å². The number of aromatic nitrogens is 2. The van der Waals surface area contributed by atoms with Crippen molar-refractivity contribution in [1.29, 1.82) is 0 Å². The smallest absolute Gasteiger partial charge is 0.254 e. The summed E-state index contributed by atoms with van der Waals surface area (Å²) >= 11 is 0. The van der Waals surface area contributed by atoms with Crippen molar-refractivity contribution in [1.82, 2.24) is 15.1 Å². The van der Waals surface area contributed by atoms with E-state index in [4.69, 9.17) is 5.73 Å². The van der Waals surface area contributed by atoms with Crippen molar-refractivity contribution in [3.63, 3.8) is 0 Å². The minimum absolute atomic E-state index is 0.101. The fourth-order valence-corrected chi connectivity index (χ4v) is 2.08. The number of nitrogens with zero attached hydrogens (tertiary/aromatic N) is 2. The van der Waals surface area contributed by atoms with Gasteiger partial charge in [0, 0.05) is 6.54 Å². The van der Waals surface area contributed by atoms with Crippen LogP contribution in [-0.2, 0) is 0 Å². The van der Waals surface area contributed by atoms with E-state index < -0.39 is 0 Å². The third kappa shape index (κ3) is 2.88. The van der Waals surface area contributed by atoms with E-state index in [0.29, 0.717) is 18.7 Å². The Bertz CT molecular complexity index is 604. The molecule has 3 N–H and O–H groups in total. The third-order valence-electron chi connectivity index (χ3n) is 3.26. The summed E-state index contributed by atoms with van der Waals surface area (Å²) in [4.78, 5) is 12.1. The monoisotopic (exact) mass is 272 g/mol. The molecule has 1 aromatic heterocycles. The van der Waals surface area contributed by atoms with Crippen molar-refractivity contribution >= 4 is 5.91 Å². The lowest BCUT2D eigenvalue weighted by molar-refractivity contribution is 0.0953. The number of aryl methyl sites for hydroxylation is 1. The van der Waals surface area contributed by atoms with Gasteiger partial charge in [-0.05, 0) is 38.4 Å². The summed E-state index contributed by atoms with van der Waals surface area (Å²) in [7, 11) is 0. The van der Waals surface area contributed by atoms with Gasteiger partial charge in [0.1, 0.15) is 0 Å². The van der Waals surface area contributed by atoms with Crippen molar-refractivity contribution < 1.29 is 4.79 Å². The number of hydrogen-bond acceptors (Lipinski definition) is 3. The van der Waals surface area contributed by atoms with Gasteiger partial charge >= 0.3 is 0 Å². The average Bonchev–Trinajstić information content (AvgIpc) is 2.81. The molecule has 0 aliphatic carbocycles. The molecule has 0 aliphatic rings. The quantitative estimate of drug-likeness (QED) is 0.811. The molecule has 0 spiro atoms. The van der Waals surface area contributed by atoms with E-state index in [1.807, 2.05) is 38.1 Å². The van der Waals surface area contributed by atoms with Crippen molar-refractivity contribution in [3.05, 3.63) is 47.3 Å². The molecule has 0 saturated carbocycles. The van der Waals surface area contributed by atoms with Crippen LogP contribution in [0.2, 0.25) is 0 Å². The lowest BCUT2D eigenvalue weighted by atomic mass is 10.2. The van der Waals surface area contributed by atoms with Gasteiger partial charge in [-0.2, -0.15) is 5.10 Å². The van der Waals surface area contributed by atoms with Crippen LogP contribution in [0.1, 0.15) is 28.0 Å². The van der Waals surface area contributed by atoms with Crippen LogP contribution < -0.4 is 11.1 Å². The number of benzene rings is 1. The van der Waals surface area contributed by atoms with E-state index in [1.165, 1.54) is 0 Å². The molecule has 1 heterocycles. The Balaban J connectivity index is 2.23. The summed E-state index contributed by atoms with van der Waals surface area (Å²) in [5.41, 5.74) is 8.96. The molecule has 20 heavy (non-hydrogen) atoms. The lowest BCUT2D eigenvalue weighted by Gasteiger charge is -2.08. The molecular weight excluding hydrogens is 252 g/mol. The maximum absolute atomic E-state index is 12.1. The van der Waals surface area contributed by atoms with Gasteiger partial charge < -0.3 is 11.1 Å². The van der Waals surface area contributed by atoms with Gasteiger partial charge in [0.25, 0.3) is 5.91 Å². The van der Waals surface area contributed by atoms with E-state index in [2.05, 4.69) is 10.4 Å². The molecule has 5 nitrogen and oxygen atoms in total. The van der Waals surface area contributed by atoms with Gasteiger partial charge in [0.05, 0.1) is 23.1 Å². The van der Waals surface area contributed by atoms with Gasteiger partial charge in [-0.1, -0.05) is 18.2 Å². The molecule has 0 radical (unpaired) electrons. The number of para-hydroxylation sites is 1. The fourth-order valence-electron chi connectivity index (χ4n) is 2.08. The molecule has 2 aromatic rings. The third-order valence-corrected chi connectivity index (χ3v) is 3.26. The van der Waals surface area contributed by atoms with Crippen LogP contribution in [0.4, 0.5) is 0 Å². The molecule has 0 atom stereocenters. The highest BCUT2D eigenvalue weighted by atomic mass is 16.1. The van der Waals surface area contributed by atoms with Crippen LogP contribution in [0, 0.1) is 13.8 Å². The predicted molar refractivity (Wildman–Crippen MR) is 79.0 cm³/mol. The first-order chi connectivity index (χ1) is 9.65.